The molecule has 1 aromatic heterocycles. The number of benzene rings is 2. The van der Waals surface area contributed by atoms with Crippen molar-refractivity contribution < 1.29 is 9.53 Å². The van der Waals surface area contributed by atoms with E-state index in [2.05, 4.69) is 33.2 Å². The first-order chi connectivity index (χ1) is 12.1. The van der Waals surface area contributed by atoms with Crippen LogP contribution < -0.4 is 10.1 Å². The number of para-hydroxylation sites is 1. The highest BCUT2D eigenvalue weighted by atomic mass is 79.9. The normalized spacial score (nSPS) is 10.8. The van der Waals surface area contributed by atoms with Gasteiger partial charge in [0.25, 0.3) is 5.91 Å². The monoisotopic (exact) mass is 418 g/mol. The van der Waals surface area contributed by atoms with Gasteiger partial charge in [0.05, 0.1) is 14.7 Å². The van der Waals surface area contributed by atoms with Gasteiger partial charge in [-0.15, -0.1) is 0 Å². The quantitative estimate of drug-likeness (QED) is 0.587. The molecular weight excluding hydrogens is 400 g/mol. The van der Waals surface area contributed by atoms with Gasteiger partial charge in [0, 0.05) is 0 Å². The van der Waals surface area contributed by atoms with Crippen molar-refractivity contribution in [1.29, 1.82) is 0 Å². The molecule has 1 heterocycles. The van der Waals surface area contributed by atoms with Gasteiger partial charge < -0.3 is 4.74 Å². The number of fused-ring (bicyclic) bond motifs is 1. The van der Waals surface area contributed by atoms with Crippen LogP contribution in [0.2, 0.25) is 0 Å². The first kappa shape index (κ1) is 17.9. The molecular formula is C19H19BrN2O2S. The number of amides is 1. The molecule has 130 valence electrons. The van der Waals surface area contributed by atoms with Crippen LogP contribution in [0.3, 0.4) is 0 Å². The van der Waals surface area contributed by atoms with Crippen LogP contribution in [0.25, 0.3) is 10.2 Å². The number of nitrogens with zero attached hydrogens (tertiary/aromatic N) is 1. The minimum absolute atomic E-state index is 0.0549. The van der Waals surface area contributed by atoms with E-state index in [0.717, 1.165) is 33.1 Å². The molecule has 6 heteroatoms. The van der Waals surface area contributed by atoms with Crippen molar-refractivity contribution in [2.45, 2.75) is 26.7 Å². The molecule has 0 fully saturated rings. The molecule has 1 amide bonds. The van der Waals surface area contributed by atoms with Crippen LogP contribution in [0.1, 0.15) is 24.5 Å². The van der Waals surface area contributed by atoms with Crippen LogP contribution >= 0.6 is 27.3 Å². The second-order valence-corrected chi connectivity index (χ2v) is 7.68. The highest BCUT2D eigenvalue weighted by molar-refractivity contribution is 9.10. The van der Waals surface area contributed by atoms with Crippen molar-refractivity contribution in [3.63, 3.8) is 0 Å². The van der Waals surface area contributed by atoms with Gasteiger partial charge >= 0.3 is 0 Å². The molecule has 0 atom stereocenters. The molecule has 0 unspecified atom stereocenters. The Morgan fingerprint density at radius 1 is 1.32 bits per heavy atom. The van der Waals surface area contributed by atoms with Crippen LogP contribution in [-0.4, -0.2) is 17.5 Å². The molecule has 0 saturated carbocycles. The van der Waals surface area contributed by atoms with E-state index in [1.165, 1.54) is 16.9 Å². The van der Waals surface area contributed by atoms with Gasteiger partial charge in [-0.2, -0.15) is 0 Å². The van der Waals surface area contributed by atoms with Crippen LogP contribution in [-0.2, 0) is 11.2 Å². The summed E-state index contributed by atoms with van der Waals surface area (Å²) in [5.41, 5.74) is 3.27. The highest BCUT2D eigenvalue weighted by Crippen LogP contribution is 2.28. The lowest BCUT2D eigenvalue weighted by molar-refractivity contribution is -0.118. The first-order valence-electron chi connectivity index (χ1n) is 8.14. The summed E-state index contributed by atoms with van der Waals surface area (Å²) in [5.74, 6) is 0.441. The van der Waals surface area contributed by atoms with E-state index in [9.17, 15) is 4.79 Å². The van der Waals surface area contributed by atoms with Crippen LogP contribution in [0.5, 0.6) is 5.75 Å². The Hall–Kier alpha value is -1.92. The average Bonchev–Trinajstić information content (AvgIpc) is 2.98. The summed E-state index contributed by atoms with van der Waals surface area (Å²) in [5, 5.41) is 3.40. The summed E-state index contributed by atoms with van der Waals surface area (Å²) >= 11 is 4.96. The molecule has 0 aliphatic heterocycles. The molecule has 0 spiro atoms. The number of hydrogen-bond acceptors (Lipinski definition) is 4. The van der Waals surface area contributed by atoms with Crippen molar-refractivity contribution in [3.8, 4) is 5.75 Å². The third kappa shape index (κ3) is 4.38. The van der Waals surface area contributed by atoms with Gasteiger partial charge in [-0.3, -0.25) is 10.1 Å². The fourth-order valence-electron chi connectivity index (χ4n) is 2.54. The standard InChI is InChI=1S/C19H19BrN2O2S/c1-3-5-13-8-9-15(14(20)10-13)24-11-17(23)21-19-22-18-12(2)6-4-7-16(18)25-19/h4,6-10H,3,5,11H2,1-2H3,(H,21,22,23). The number of anilines is 1. The third-order valence-corrected chi connectivity index (χ3v) is 5.32. The van der Waals surface area contributed by atoms with Crippen molar-refractivity contribution in [3.05, 3.63) is 52.0 Å². The van der Waals surface area contributed by atoms with E-state index in [4.69, 9.17) is 4.74 Å². The molecule has 4 nitrogen and oxygen atoms in total. The summed E-state index contributed by atoms with van der Waals surface area (Å²) in [7, 11) is 0. The Bertz CT molecular complexity index is 908. The lowest BCUT2D eigenvalue weighted by atomic mass is 10.1. The topological polar surface area (TPSA) is 51.2 Å². The number of carbonyl (C=O) groups is 1. The molecule has 1 N–H and O–H groups in total. The summed E-state index contributed by atoms with van der Waals surface area (Å²) in [6, 6.07) is 12.0. The molecule has 0 radical (unpaired) electrons. The van der Waals surface area contributed by atoms with Crippen molar-refractivity contribution >= 4 is 48.5 Å². The van der Waals surface area contributed by atoms with Crippen LogP contribution in [0, 0.1) is 6.92 Å². The van der Waals surface area contributed by atoms with E-state index in [1.807, 2.05) is 43.3 Å². The van der Waals surface area contributed by atoms with Gasteiger partial charge in [-0.05, 0) is 58.6 Å². The molecule has 0 aliphatic rings. The van der Waals surface area contributed by atoms with Crippen molar-refractivity contribution in [2.24, 2.45) is 0 Å². The molecule has 3 rings (SSSR count). The maximum atomic E-state index is 12.1. The van der Waals surface area contributed by atoms with Gasteiger partial charge in [-0.25, -0.2) is 4.98 Å². The number of aromatic nitrogens is 1. The maximum Gasteiger partial charge on any atom is 0.264 e. The zero-order valence-corrected chi connectivity index (χ0v) is 16.5. The Morgan fingerprint density at radius 3 is 2.88 bits per heavy atom. The lowest BCUT2D eigenvalue weighted by Gasteiger charge is -2.09. The third-order valence-electron chi connectivity index (χ3n) is 3.76. The summed E-state index contributed by atoms with van der Waals surface area (Å²) < 4.78 is 7.54. The van der Waals surface area contributed by atoms with Gasteiger partial charge in [0.15, 0.2) is 11.7 Å². The summed E-state index contributed by atoms with van der Waals surface area (Å²) in [6.07, 6.45) is 2.12. The minimum Gasteiger partial charge on any atom is -0.483 e. The van der Waals surface area contributed by atoms with E-state index >= 15 is 0 Å². The van der Waals surface area contributed by atoms with E-state index in [-0.39, 0.29) is 12.5 Å². The van der Waals surface area contributed by atoms with E-state index in [0.29, 0.717) is 10.9 Å². The smallest absolute Gasteiger partial charge is 0.264 e. The summed E-state index contributed by atoms with van der Waals surface area (Å²) in [6.45, 7) is 4.10. The number of rotatable bonds is 6. The Kier molecular flexibility index (Phi) is 5.71. The molecule has 3 aromatic rings. The molecule has 0 bridgehead atoms. The van der Waals surface area contributed by atoms with Gasteiger partial charge in [0.1, 0.15) is 5.75 Å². The van der Waals surface area contributed by atoms with Crippen LogP contribution in [0.15, 0.2) is 40.9 Å². The number of hydrogen-bond donors (Lipinski definition) is 1. The molecule has 25 heavy (non-hydrogen) atoms. The number of carbonyl (C=O) groups excluding carboxylic acids is 1. The second kappa shape index (κ2) is 7.97. The number of nitrogens with one attached hydrogen (secondary N) is 1. The zero-order chi connectivity index (χ0) is 17.8. The maximum absolute atomic E-state index is 12.1. The van der Waals surface area contributed by atoms with E-state index < -0.39 is 0 Å². The van der Waals surface area contributed by atoms with Crippen LogP contribution in [0.4, 0.5) is 5.13 Å². The first-order valence-corrected chi connectivity index (χ1v) is 9.75. The zero-order valence-electron chi connectivity index (χ0n) is 14.1. The van der Waals surface area contributed by atoms with E-state index in [1.54, 1.807) is 0 Å². The Morgan fingerprint density at radius 2 is 2.16 bits per heavy atom. The fraction of sp³-hybridized carbons (Fsp3) is 0.263. The molecule has 0 saturated heterocycles. The minimum atomic E-state index is -0.221. The average molecular weight is 419 g/mol. The Balaban J connectivity index is 1.61. The number of halogens is 1. The predicted octanol–water partition coefficient (Wildman–Crippen LogP) is 5.34. The fourth-order valence-corrected chi connectivity index (χ4v) is 4.04. The lowest BCUT2D eigenvalue weighted by Crippen LogP contribution is -2.20. The largest absolute Gasteiger partial charge is 0.483 e. The van der Waals surface area contributed by atoms with Crippen molar-refractivity contribution in [2.75, 3.05) is 11.9 Å². The Labute approximate surface area is 159 Å². The highest BCUT2D eigenvalue weighted by Gasteiger charge is 2.11. The number of aryl methyl sites for hydroxylation is 2. The number of thiazole rings is 1. The molecule has 2 aromatic carbocycles. The van der Waals surface area contributed by atoms with Crippen molar-refractivity contribution in [1.82, 2.24) is 4.98 Å². The second-order valence-electron chi connectivity index (χ2n) is 5.79. The van der Waals surface area contributed by atoms with Gasteiger partial charge in [0.2, 0.25) is 0 Å². The SMILES string of the molecule is CCCc1ccc(OCC(=O)Nc2nc3c(C)cccc3s2)c(Br)c1. The number of ether oxygens (including phenoxy) is 1. The molecule has 0 aliphatic carbocycles. The predicted molar refractivity (Wildman–Crippen MR) is 107 cm³/mol. The van der Waals surface area contributed by atoms with Gasteiger partial charge in [-0.1, -0.05) is 42.9 Å². The summed E-state index contributed by atoms with van der Waals surface area (Å²) in [4.78, 5) is 16.6.